The Hall–Kier alpha value is -1.69. The van der Waals surface area contributed by atoms with Crippen LogP contribution in [0.2, 0.25) is 0 Å². The fraction of sp³-hybridized carbons (Fsp3) is 0.333. The summed E-state index contributed by atoms with van der Waals surface area (Å²) in [7, 11) is 0. The lowest BCUT2D eigenvalue weighted by atomic mass is 10.2. The van der Waals surface area contributed by atoms with Gasteiger partial charge in [0.1, 0.15) is 5.82 Å². The first-order valence-electron chi connectivity index (χ1n) is 4.53. The van der Waals surface area contributed by atoms with E-state index in [1.807, 2.05) is 0 Å². The Morgan fingerprint density at radius 2 is 2.20 bits per heavy atom. The fourth-order valence-corrected chi connectivity index (χ4v) is 1.36. The second kappa shape index (κ2) is 3.47. The quantitative estimate of drug-likeness (QED) is 0.582. The van der Waals surface area contributed by atoms with Crippen LogP contribution in [0.4, 0.5) is 15.8 Å². The van der Waals surface area contributed by atoms with Crippen LogP contribution in [0.3, 0.4) is 0 Å². The minimum Gasteiger partial charge on any atom is -0.380 e. The lowest BCUT2D eigenvalue weighted by Gasteiger charge is -2.04. The molecule has 1 aliphatic carbocycles. The third kappa shape index (κ3) is 2.21. The van der Waals surface area contributed by atoms with Crippen molar-refractivity contribution < 1.29 is 9.31 Å². The van der Waals surface area contributed by atoms with Gasteiger partial charge in [0.2, 0.25) is 0 Å². The molecule has 6 heteroatoms. The van der Waals surface area contributed by atoms with Gasteiger partial charge in [-0.15, -0.1) is 0 Å². The van der Waals surface area contributed by atoms with Crippen LogP contribution in [0.5, 0.6) is 0 Å². The molecule has 0 bridgehead atoms. The number of nitro benzene ring substituents is 1. The van der Waals surface area contributed by atoms with Crippen LogP contribution < -0.4 is 11.1 Å². The van der Waals surface area contributed by atoms with E-state index in [2.05, 4.69) is 5.32 Å². The Morgan fingerprint density at radius 3 is 2.73 bits per heavy atom. The monoisotopic (exact) mass is 211 g/mol. The number of halogens is 1. The van der Waals surface area contributed by atoms with Crippen molar-refractivity contribution in [2.24, 2.45) is 5.73 Å². The fourth-order valence-electron chi connectivity index (χ4n) is 1.36. The number of anilines is 1. The Balaban J connectivity index is 2.19. The minimum atomic E-state index is -0.624. The summed E-state index contributed by atoms with van der Waals surface area (Å²) in [5.41, 5.74) is 5.70. The van der Waals surface area contributed by atoms with Crippen LogP contribution in [0.25, 0.3) is 0 Å². The first-order chi connectivity index (χ1) is 7.06. The third-order valence-electron chi connectivity index (χ3n) is 2.29. The third-order valence-corrected chi connectivity index (χ3v) is 2.29. The van der Waals surface area contributed by atoms with E-state index >= 15 is 0 Å². The molecule has 15 heavy (non-hydrogen) atoms. The molecule has 1 fully saturated rings. The maximum absolute atomic E-state index is 13.0. The van der Waals surface area contributed by atoms with Gasteiger partial charge in [0.25, 0.3) is 5.69 Å². The van der Waals surface area contributed by atoms with Crippen LogP contribution in [0.1, 0.15) is 6.42 Å². The van der Waals surface area contributed by atoms with E-state index < -0.39 is 10.7 Å². The molecule has 0 radical (unpaired) electrons. The van der Waals surface area contributed by atoms with Gasteiger partial charge in [0.15, 0.2) is 0 Å². The van der Waals surface area contributed by atoms with Crippen LogP contribution in [-0.4, -0.2) is 17.0 Å². The summed E-state index contributed by atoms with van der Waals surface area (Å²) in [5, 5.41) is 13.4. The van der Waals surface area contributed by atoms with Gasteiger partial charge in [-0.1, -0.05) is 0 Å². The second-order valence-electron chi connectivity index (χ2n) is 3.61. The summed E-state index contributed by atoms with van der Waals surface area (Å²) in [5.74, 6) is -0.624. The largest absolute Gasteiger partial charge is 0.380 e. The van der Waals surface area contributed by atoms with E-state index in [1.54, 1.807) is 0 Å². The molecule has 3 N–H and O–H groups in total. The van der Waals surface area contributed by atoms with Crippen LogP contribution in [0, 0.1) is 15.9 Å². The van der Waals surface area contributed by atoms with Gasteiger partial charge in [0.05, 0.1) is 11.0 Å². The summed E-state index contributed by atoms with van der Waals surface area (Å²) in [6.45, 7) is 0. The molecule has 2 unspecified atom stereocenters. The van der Waals surface area contributed by atoms with Crippen LogP contribution in [0.15, 0.2) is 18.2 Å². The zero-order valence-electron chi connectivity index (χ0n) is 7.81. The number of nitro groups is 1. The number of nitrogens with two attached hydrogens (primary N) is 1. The highest BCUT2D eigenvalue weighted by atomic mass is 19.1. The molecule has 2 atom stereocenters. The Morgan fingerprint density at radius 1 is 1.53 bits per heavy atom. The van der Waals surface area contributed by atoms with Gasteiger partial charge in [-0.25, -0.2) is 4.39 Å². The number of benzene rings is 1. The van der Waals surface area contributed by atoms with E-state index in [4.69, 9.17) is 5.73 Å². The van der Waals surface area contributed by atoms with Gasteiger partial charge in [0, 0.05) is 23.8 Å². The van der Waals surface area contributed by atoms with Gasteiger partial charge in [-0.05, 0) is 12.5 Å². The molecule has 2 rings (SSSR count). The number of rotatable bonds is 3. The summed E-state index contributed by atoms with van der Waals surface area (Å²) in [4.78, 5) is 9.83. The van der Waals surface area contributed by atoms with E-state index in [0.717, 1.165) is 12.5 Å². The summed E-state index contributed by atoms with van der Waals surface area (Å²) >= 11 is 0. The number of nitrogens with zero attached hydrogens (tertiary/aromatic N) is 1. The average molecular weight is 211 g/mol. The average Bonchev–Trinajstić information content (AvgIpc) is 2.80. The molecular weight excluding hydrogens is 201 g/mol. The highest BCUT2D eigenvalue weighted by Crippen LogP contribution is 2.26. The zero-order chi connectivity index (χ0) is 11.0. The predicted molar refractivity (Wildman–Crippen MR) is 53.1 cm³/mol. The van der Waals surface area contributed by atoms with Crippen molar-refractivity contribution in [3.05, 3.63) is 34.1 Å². The van der Waals surface area contributed by atoms with Gasteiger partial charge in [-0.3, -0.25) is 10.1 Å². The molecule has 1 aromatic rings. The first-order valence-corrected chi connectivity index (χ1v) is 4.53. The molecule has 1 aliphatic rings. The Kier molecular flexibility index (Phi) is 2.28. The standard InChI is InChI=1S/C9H10FN3O2/c10-5-1-6(12-9-4-8(9)11)3-7(2-5)13(14)15/h1-3,8-9,12H,4,11H2. The Bertz CT molecular complexity index is 410. The molecule has 5 nitrogen and oxygen atoms in total. The van der Waals surface area contributed by atoms with Crippen molar-refractivity contribution in [2.75, 3.05) is 5.32 Å². The molecule has 1 saturated carbocycles. The van der Waals surface area contributed by atoms with E-state index in [1.165, 1.54) is 12.1 Å². The van der Waals surface area contributed by atoms with Crippen molar-refractivity contribution >= 4 is 11.4 Å². The molecule has 0 heterocycles. The minimum absolute atomic E-state index is 0.0623. The predicted octanol–water partition coefficient (Wildman–Crippen LogP) is 1.25. The molecule has 0 aliphatic heterocycles. The number of nitrogens with one attached hydrogen (secondary N) is 1. The van der Waals surface area contributed by atoms with Crippen molar-refractivity contribution in [3.63, 3.8) is 0 Å². The maximum atomic E-state index is 13.0. The van der Waals surface area contributed by atoms with Crippen molar-refractivity contribution in [3.8, 4) is 0 Å². The maximum Gasteiger partial charge on any atom is 0.274 e. The molecule has 80 valence electrons. The van der Waals surface area contributed by atoms with E-state index in [9.17, 15) is 14.5 Å². The molecule has 0 saturated heterocycles. The van der Waals surface area contributed by atoms with Crippen molar-refractivity contribution in [2.45, 2.75) is 18.5 Å². The van der Waals surface area contributed by atoms with E-state index in [-0.39, 0.29) is 17.8 Å². The Labute approximate surface area is 85.2 Å². The van der Waals surface area contributed by atoms with E-state index in [0.29, 0.717) is 5.69 Å². The van der Waals surface area contributed by atoms with Crippen LogP contribution in [-0.2, 0) is 0 Å². The molecular formula is C9H10FN3O2. The van der Waals surface area contributed by atoms with Crippen LogP contribution >= 0.6 is 0 Å². The summed E-state index contributed by atoms with van der Waals surface area (Å²) < 4.78 is 13.0. The molecule has 0 aromatic heterocycles. The van der Waals surface area contributed by atoms with Crippen molar-refractivity contribution in [1.82, 2.24) is 0 Å². The second-order valence-corrected chi connectivity index (χ2v) is 3.61. The SMILES string of the molecule is NC1CC1Nc1cc(F)cc([N+](=O)[O-])c1. The highest BCUT2D eigenvalue weighted by Gasteiger charge is 2.33. The summed E-state index contributed by atoms with van der Waals surface area (Å²) in [6, 6.07) is 3.57. The van der Waals surface area contributed by atoms with Gasteiger partial charge < -0.3 is 11.1 Å². The highest BCUT2D eigenvalue weighted by molar-refractivity contribution is 5.53. The first kappa shape index (κ1) is 9.85. The number of hydrogen-bond acceptors (Lipinski definition) is 4. The molecule has 0 amide bonds. The molecule has 1 aromatic carbocycles. The van der Waals surface area contributed by atoms with Crippen molar-refractivity contribution in [1.29, 1.82) is 0 Å². The smallest absolute Gasteiger partial charge is 0.274 e. The summed E-state index contributed by atoms with van der Waals surface area (Å²) in [6.07, 6.45) is 0.810. The normalized spacial score (nSPS) is 23.6. The molecule has 0 spiro atoms. The zero-order valence-corrected chi connectivity index (χ0v) is 7.81. The number of non-ortho nitro benzene ring substituents is 1. The number of hydrogen-bond donors (Lipinski definition) is 2. The van der Waals surface area contributed by atoms with Gasteiger partial charge >= 0.3 is 0 Å². The topological polar surface area (TPSA) is 81.2 Å². The van der Waals surface area contributed by atoms with Gasteiger partial charge in [-0.2, -0.15) is 0 Å². The lowest BCUT2D eigenvalue weighted by Crippen LogP contribution is -2.13. The lowest BCUT2D eigenvalue weighted by molar-refractivity contribution is -0.385.